The highest BCUT2D eigenvalue weighted by Gasteiger charge is 2.23. The van der Waals surface area contributed by atoms with Gasteiger partial charge < -0.3 is 5.32 Å². The van der Waals surface area contributed by atoms with Gasteiger partial charge in [0.05, 0.1) is 9.26 Å². The Bertz CT molecular complexity index is 607. The lowest BCUT2D eigenvalue weighted by Gasteiger charge is -2.30. The first-order valence-electron chi connectivity index (χ1n) is 8.08. The molecule has 1 aromatic heterocycles. The van der Waals surface area contributed by atoms with Crippen molar-refractivity contribution in [2.24, 2.45) is 0 Å². The molecule has 3 rings (SSSR count). The maximum Gasteiger partial charge on any atom is 0.143 e. The Morgan fingerprint density at radius 2 is 1.82 bits per heavy atom. The predicted molar refractivity (Wildman–Crippen MR) is 99.2 cm³/mol. The normalized spacial score (nSPS) is 21.5. The van der Waals surface area contributed by atoms with Gasteiger partial charge in [-0.2, -0.15) is 0 Å². The molecule has 0 saturated heterocycles. The van der Waals surface area contributed by atoms with E-state index < -0.39 is 0 Å². The van der Waals surface area contributed by atoms with Crippen molar-refractivity contribution in [1.82, 2.24) is 9.97 Å². The van der Waals surface area contributed by atoms with E-state index in [0.717, 1.165) is 23.9 Å². The van der Waals surface area contributed by atoms with Crippen LogP contribution in [0.3, 0.4) is 0 Å². The van der Waals surface area contributed by atoms with Crippen LogP contribution in [0.1, 0.15) is 49.8 Å². The van der Waals surface area contributed by atoms with Crippen molar-refractivity contribution in [2.75, 3.05) is 5.32 Å². The number of nitrogens with zero attached hydrogens (tertiary/aromatic N) is 2. The predicted octanol–water partition coefficient (Wildman–Crippen LogP) is 4.78. The van der Waals surface area contributed by atoms with E-state index in [-0.39, 0.29) is 0 Å². The van der Waals surface area contributed by atoms with E-state index in [2.05, 4.69) is 75.1 Å². The second kappa shape index (κ2) is 7.40. The molecular weight excluding hydrogens is 385 g/mol. The van der Waals surface area contributed by atoms with Crippen LogP contribution in [0.5, 0.6) is 0 Å². The molecule has 3 nitrogen and oxygen atoms in total. The van der Waals surface area contributed by atoms with Gasteiger partial charge in [0.25, 0.3) is 0 Å². The van der Waals surface area contributed by atoms with E-state index in [1.807, 2.05) is 0 Å². The summed E-state index contributed by atoms with van der Waals surface area (Å²) in [6.07, 6.45) is 7.56. The molecule has 1 fully saturated rings. The Morgan fingerprint density at radius 1 is 1.09 bits per heavy atom. The fraction of sp³-hybridized carbons (Fsp3) is 0.444. The summed E-state index contributed by atoms with van der Waals surface area (Å²) in [6, 6.07) is 11.5. The number of benzene rings is 1. The second-order valence-corrected chi connectivity index (χ2v) is 7.02. The summed E-state index contributed by atoms with van der Waals surface area (Å²) in [4.78, 5) is 8.77. The molecule has 1 aromatic carbocycles. The Balaban J connectivity index is 1.61. The zero-order chi connectivity index (χ0) is 15.4. The minimum absolute atomic E-state index is 0.535. The van der Waals surface area contributed by atoms with E-state index in [1.165, 1.54) is 34.8 Å². The SMILES string of the molecule is CCc1ncnc(NC2CCC(c3ccccc3)CC2)c1I. The van der Waals surface area contributed by atoms with Crippen molar-refractivity contribution in [3.05, 3.63) is 51.5 Å². The summed E-state index contributed by atoms with van der Waals surface area (Å²) in [5.74, 6) is 1.73. The smallest absolute Gasteiger partial charge is 0.143 e. The van der Waals surface area contributed by atoms with Gasteiger partial charge in [0.2, 0.25) is 0 Å². The molecule has 0 spiro atoms. The van der Waals surface area contributed by atoms with E-state index in [9.17, 15) is 0 Å². The van der Waals surface area contributed by atoms with Gasteiger partial charge in [-0.05, 0) is 66.2 Å². The lowest BCUT2D eigenvalue weighted by atomic mass is 9.82. The molecule has 2 aromatic rings. The Hall–Kier alpha value is -1.17. The molecule has 0 aliphatic heterocycles. The maximum atomic E-state index is 4.43. The van der Waals surface area contributed by atoms with Gasteiger partial charge in [-0.25, -0.2) is 9.97 Å². The first-order chi connectivity index (χ1) is 10.8. The lowest BCUT2D eigenvalue weighted by Crippen LogP contribution is -2.26. The van der Waals surface area contributed by atoms with Crippen LogP contribution >= 0.6 is 22.6 Å². The van der Waals surface area contributed by atoms with Crippen LogP contribution in [0.25, 0.3) is 0 Å². The molecule has 0 unspecified atom stereocenters. The van der Waals surface area contributed by atoms with Crippen LogP contribution < -0.4 is 5.32 Å². The Morgan fingerprint density at radius 3 is 2.50 bits per heavy atom. The van der Waals surface area contributed by atoms with E-state index in [1.54, 1.807) is 6.33 Å². The number of hydrogen-bond acceptors (Lipinski definition) is 3. The largest absolute Gasteiger partial charge is 0.366 e. The number of hydrogen-bond donors (Lipinski definition) is 1. The number of nitrogens with one attached hydrogen (secondary N) is 1. The van der Waals surface area contributed by atoms with Gasteiger partial charge in [-0.1, -0.05) is 37.3 Å². The monoisotopic (exact) mass is 407 g/mol. The fourth-order valence-corrected chi connectivity index (χ4v) is 4.06. The second-order valence-electron chi connectivity index (χ2n) is 5.94. The molecule has 1 saturated carbocycles. The highest BCUT2D eigenvalue weighted by Crippen LogP contribution is 2.34. The molecule has 1 heterocycles. The standard InChI is InChI=1S/C18H22IN3/c1-2-16-17(19)18(21-12-20-16)22-15-10-8-14(9-11-15)13-6-4-3-5-7-13/h3-7,12,14-15H,2,8-11H2,1H3,(H,20,21,22). The van der Waals surface area contributed by atoms with Gasteiger partial charge in [0.15, 0.2) is 0 Å². The molecule has 0 amide bonds. The molecular formula is C18H22IN3. The van der Waals surface area contributed by atoms with Crippen molar-refractivity contribution in [2.45, 2.75) is 51.0 Å². The van der Waals surface area contributed by atoms with Crippen molar-refractivity contribution in [1.29, 1.82) is 0 Å². The van der Waals surface area contributed by atoms with Gasteiger partial charge in [0, 0.05) is 6.04 Å². The molecule has 116 valence electrons. The summed E-state index contributed by atoms with van der Waals surface area (Å²) in [5.41, 5.74) is 2.63. The number of anilines is 1. The molecule has 4 heteroatoms. The molecule has 0 atom stereocenters. The van der Waals surface area contributed by atoms with Crippen molar-refractivity contribution in [3.63, 3.8) is 0 Å². The van der Waals surface area contributed by atoms with Gasteiger partial charge >= 0.3 is 0 Å². The molecule has 1 N–H and O–H groups in total. The number of rotatable bonds is 4. The average Bonchev–Trinajstić information content (AvgIpc) is 2.58. The fourth-order valence-electron chi connectivity index (χ4n) is 3.24. The maximum absolute atomic E-state index is 4.43. The molecule has 0 radical (unpaired) electrons. The summed E-state index contributed by atoms with van der Waals surface area (Å²) >= 11 is 2.36. The number of aryl methyl sites for hydroxylation is 1. The number of aromatic nitrogens is 2. The quantitative estimate of drug-likeness (QED) is 0.742. The first-order valence-corrected chi connectivity index (χ1v) is 9.16. The van der Waals surface area contributed by atoms with Crippen LogP contribution in [0.15, 0.2) is 36.7 Å². The zero-order valence-electron chi connectivity index (χ0n) is 12.9. The van der Waals surface area contributed by atoms with Gasteiger partial charge in [-0.15, -0.1) is 0 Å². The van der Waals surface area contributed by atoms with Crippen LogP contribution in [0.2, 0.25) is 0 Å². The highest BCUT2D eigenvalue weighted by molar-refractivity contribution is 14.1. The average molecular weight is 407 g/mol. The summed E-state index contributed by atoms with van der Waals surface area (Å²) < 4.78 is 1.17. The zero-order valence-corrected chi connectivity index (χ0v) is 15.1. The van der Waals surface area contributed by atoms with Crippen LogP contribution in [0.4, 0.5) is 5.82 Å². The van der Waals surface area contributed by atoms with Crippen LogP contribution in [-0.2, 0) is 6.42 Å². The first kappa shape index (κ1) is 15.7. The van der Waals surface area contributed by atoms with Crippen LogP contribution in [-0.4, -0.2) is 16.0 Å². The van der Waals surface area contributed by atoms with Crippen molar-refractivity contribution in [3.8, 4) is 0 Å². The Labute approximate surface area is 146 Å². The van der Waals surface area contributed by atoms with E-state index in [0.29, 0.717) is 6.04 Å². The third-order valence-corrected chi connectivity index (χ3v) is 5.67. The number of halogens is 1. The molecule has 0 bridgehead atoms. The third kappa shape index (κ3) is 3.59. The summed E-state index contributed by atoms with van der Waals surface area (Å²) in [5, 5.41) is 3.64. The summed E-state index contributed by atoms with van der Waals surface area (Å²) in [7, 11) is 0. The van der Waals surface area contributed by atoms with Gasteiger partial charge in [0.1, 0.15) is 12.1 Å². The minimum Gasteiger partial charge on any atom is -0.366 e. The van der Waals surface area contributed by atoms with E-state index in [4.69, 9.17) is 0 Å². The third-order valence-electron chi connectivity index (χ3n) is 4.54. The van der Waals surface area contributed by atoms with Gasteiger partial charge in [-0.3, -0.25) is 0 Å². The highest BCUT2D eigenvalue weighted by atomic mass is 127. The van der Waals surface area contributed by atoms with Crippen molar-refractivity contribution >= 4 is 28.4 Å². The lowest BCUT2D eigenvalue weighted by molar-refractivity contribution is 0.411. The Kier molecular flexibility index (Phi) is 5.28. The van der Waals surface area contributed by atoms with Crippen LogP contribution in [0, 0.1) is 3.57 Å². The molecule has 1 aliphatic rings. The molecule has 22 heavy (non-hydrogen) atoms. The summed E-state index contributed by atoms with van der Waals surface area (Å²) in [6.45, 7) is 2.14. The molecule has 1 aliphatic carbocycles. The minimum atomic E-state index is 0.535. The van der Waals surface area contributed by atoms with Crippen molar-refractivity contribution < 1.29 is 0 Å². The van der Waals surface area contributed by atoms with E-state index >= 15 is 0 Å². The topological polar surface area (TPSA) is 37.8 Å².